The Morgan fingerprint density at radius 2 is 1.58 bits per heavy atom. The maximum absolute atomic E-state index is 11.2. The average molecular weight is 760 g/mol. The summed E-state index contributed by atoms with van der Waals surface area (Å²) in [5, 5.41) is 10.2. The number of hydrogen-bond donors (Lipinski definition) is 0. The molecule has 0 saturated carbocycles. The number of fused-ring (bicyclic) bond motifs is 2. The van der Waals surface area contributed by atoms with E-state index in [-0.39, 0.29) is 69.9 Å². The minimum atomic E-state index is -4.36. The summed E-state index contributed by atoms with van der Waals surface area (Å²) in [7, 11) is -8.71. The van der Waals surface area contributed by atoms with E-state index >= 15 is 0 Å². The number of aromatic nitrogens is 2. The standard InChI is InChI=1S/C31H34Cl2N6O6S2.K/c1-4-36-27-18-23(32)22(21-34)17-26(27)38(13-6-8-15-46(40,41)42)30(36)11-10-12-31-37(5-2)28-19-24(33)25(35-3)20-29(28)39(31)14-7-9-16-47(43,44)45;/h10-12,17-20H,4-9,13-16H2,1-2H3,(H-,40,41,42,43,44,45);/q;+1/p-1. The minimum absolute atomic E-state index is 0. The van der Waals surface area contributed by atoms with Crippen LogP contribution in [0.4, 0.5) is 17.1 Å². The molecular weight excluding hydrogens is 727 g/mol. The van der Waals surface area contributed by atoms with Crippen LogP contribution in [0.2, 0.25) is 10.0 Å². The third kappa shape index (κ3) is 9.61. The first kappa shape index (κ1) is 40.4. The van der Waals surface area contributed by atoms with Crippen molar-refractivity contribution in [3.63, 3.8) is 0 Å². The van der Waals surface area contributed by atoms with Crippen LogP contribution in [0.1, 0.15) is 50.9 Å². The van der Waals surface area contributed by atoms with Gasteiger partial charge in [-0.15, -0.1) is 0 Å². The molecule has 12 nitrogen and oxygen atoms in total. The van der Waals surface area contributed by atoms with Gasteiger partial charge in [0.05, 0.1) is 61.9 Å². The number of halogens is 2. The van der Waals surface area contributed by atoms with E-state index in [0.717, 1.165) is 34.1 Å². The molecule has 0 aliphatic carbocycles. The summed E-state index contributed by atoms with van der Waals surface area (Å²) >= 11 is 12.8. The Hall–Kier alpha value is -1.99. The van der Waals surface area contributed by atoms with Gasteiger partial charge in [-0.1, -0.05) is 29.3 Å². The second-order valence-corrected chi connectivity index (χ2v) is 14.7. The van der Waals surface area contributed by atoms with Crippen LogP contribution < -0.4 is 65.8 Å². The van der Waals surface area contributed by atoms with Gasteiger partial charge in [-0.2, -0.15) is 5.26 Å². The number of hydrogen-bond acceptors (Lipinski definition) is 9. The van der Waals surface area contributed by atoms with Gasteiger partial charge in [0, 0.05) is 47.8 Å². The fraction of sp³-hybridized carbons (Fsp3) is 0.387. The molecule has 2 heterocycles. The molecule has 1 aliphatic rings. The second-order valence-electron chi connectivity index (χ2n) is 10.8. The third-order valence-electron chi connectivity index (χ3n) is 7.79. The molecule has 250 valence electrons. The number of allylic oxidation sites excluding steroid dienone is 2. The van der Waals surface area contributed by atoms with Gasteiger partial charge in [-0.3, -0.25) is 0 Å². The van der Waals surface area contributed by atoms with Crippen molar-refractivity contribution in [1.82, 2.24) is 4.57 Å². The van der Waals surface area contributed by atoms with E-state index in [1.165, 1.54) is 0 Å². The van der Waals surface area contributed by atoms with Crippen LogP contribution in [0.15, 0.2) is 42.2 Å². The van der Waals surface area contributed by atoms with Crippen molar-refractivity contribution in [2.45, 2.75) is 52.6 Å². The molecule has 0 unspecified atom stereocenters. The van der Waals surface area contributed by atoms with Crippen LogP contribution in [-0.2, 0) is 33.3 Å². The van der Waals surface area contributed by atoms with Crippen LogP contribution >= 0.6 is 23.2 Å². The van der Waals surface area contributed by atoms with Crippen molar-refractivity contribution in [2.75, 3.05) is 34.4 Å². The smallest absolute Gasteiger partial charge is 0.748 e. The van der Waals surface area contributed by atoms with Crippen molar-refractivity contribution >= 4 is 77.6 Å². The molecule has 0 atom stereocenters. The van der Waals surface area contributed by atoms with E-state index in [9.17, 15) is 31.2 Å². The molecule has 0 spiro atoms. The van der Waals surface area contributed by atoms with Crippen LogP contribution in [-0.4, -0.2) is 55.1 Å². The number of anilines is 2. The first-order valence-corrected chi connectivity index (χ1v) is 18.8. The maximum Gasteiger partial charge on any atom is 1.00 e. The van der Waals surface area contributed by atoms with Gasteiger partial charge in [0.1, 0.15) is 11.9 Å². The third-order valence-corrected chi connectivity index (χ3v) is 9.99. The predicted molar refractivity (Wildman–Crippen MR) is 180 cm³/mol. The van der Waals surface area contributed by atoms with Crippen molar-refractivity contribution in [3.8, 4) is 6.07 Å². The van der Waals surface area contributed by atoms with Gasteiger partial charge in [-0.25, -0.2) is 30.8 Å². The van der Waals surface area contributed by atoms with Crippen LogP contribution in [0.3, 0.4) is 0 Å². The summed E-state index contributed by atoms with van der Waals surface area (Å²) < 4.78 is 71.2. The second kappa shape index (κ2) is 17.3. The number of imidazole rings is 1. The Morgan fingerprint density at radius 1 is 0.938 bits per heavy atom. The average Bonchev–Trinajstić information content (AvgIpc) is 3.44. The van der Waals surface area contributed by atoms with E-state index in [2.05, 4.69) is 10.9 Å². The monoisotopic (exact) mass is 758 g/mol. The molecule has 3 aromatic rings. The Balaban J connectivity index is 0.00000625. The van der Waals surface area contributed by atoms with E-state index in [0.29, 0.717) is 54.6 Å². The van der Waals surface area contributed by atoms with Gasteiger partial charge < -0.3 is 18.9 Å². The molecule has 1 aromatic heterocycles. The number of benzene rings is 2. The van der Waals surface area contributed by atoms with E-state index in [4.69, 9.17) is 29.8 Å². The molecule has 0 saturated heterocycles. The molecule has 17 heteroatoms. The fourth-order valence-electron chi connectivity index (χ4n) is 5.73. The molecule has 0 N–H and O–H groups in total. The van der Waals surface area contributed by atoms with Crippen LogP contribution in [0.25, 0.3) is 22.0 Å². The molecule has 0 amide bonds. The van der Waals surface area contributed by atoms with Gasteiger partial charge >= 0.3 is 51.4 Å². The van der Waals surface area contributed by atoms with Crippen LogP contribution in [0, 0.1) is 17.9 Å². The summed E-state index contributed by atoms with van der Waals surface area (Å²) in [5.41, 5.74) is 3.59. The van der Waals surface area contributed by atoms with Crippen molar-refractivity contribution in [3.05, 3.63) is 75.1 Å². The van der Waals surface area contributed by atoms with E-state index in [1.807, 2.05) is 51.0 Å². The predicted octanol–water partition coefficient (Wildman–Crippen LogP) is 2.53. The Kier molecular flexibility index (Phi) is 14.6. The molecule has 0 bridgehead atoms. The summed E-state index contributed by atoms with van der Waals surface area (Å²) in [5.74, 6) is 0.552. The number of unbranched alkanes of at least 4 members (excludes halogenated alkanes) is 2. The molecule has 48 heavy (non-hydrogen) atoms. The zero-order valence-corrected chi connectivity index (χ0v) is 33.1. The summed E-state index contributed by atoms with van der Waals surface area (Å²) in [4.78, 5) is 7.53. The Morgan fingerprint density at radius 3 is 2.17 bits per heavy atom. The molecule has 2 aromatic carbocycles. The molecular formula is C31H33Cl2KN6O6S2. The normalized spacial score (nSPS) is 14.0. The van der Waals surface area contributed by atoms with Crippen molar-refractivity contribution in [1.29, 1.82) is 5.26 Å². The van der Waals surface area contributed by atoms with Gasteiger partial charge in [0.2, 0.25) is 5.69 Å². The first-order chi connectivity index (χ1) is 22.2. The molecule has 4 rings (SSSR count). The summed E-state index contributed by atoms with van der Waals surface area (Å²) in [6, 6.07) is 8.95. The fourth-order valence-corrected chi connectivity index (χ4v) is 7.24. The quantitative estimate of drug-likeness (QED) is 0.0793. The SMILES string of the molecule is [C-]#[N+]c1cc2c(cc1Cl)N(CC)C(=CC=Cc1n(CC)c3cc(Cl)c(C#N)cc3[n+]1CCCCS(=O)(=O)[O-])N2CCCCS(=O)(=O)[O-].[K+]. The largest absolute Gasteiger partial charge is 1.00 e. The molecule has 0 fully saturated rings. The number of rotatable bonds is 14. The topological polar surface area (TPSA) is 158 Å². The Labute approximate surface area is 334 Å². The van der Waals surface area contributed by atoms with Crippen LogP contribution in [0.5, 0.6) is 0 Å². The summed E-state index contributed by atoms with van der Waals surface area (Å²) in [6.07, 6.45) is 6.77. The number of nitrogens with zero attached hydrogens (tertiary/aromatic N) is 6. The van der Waals surface area contributed by atoms with Crippen molar-refractivity contribution in [2.24, 2.45) is 0 Å². The summed E-state index contributed by atoms with van der Waals surface area (Å²) in [6.45, 7) is 13.3. The minimum Gasteiger partial charge on any atom is -0.748 e. The van der Waals surface area contributed by atoms with Crippen molar-refractivity contribution < 1.29 is 81.9 Å². The van der Waals surface area contributed by atoms with Gasteiger partial charge in [-0.05, 0) is 57.7 Å². The van der Waals surface area contributed by atoms with E-state index < -0.39 is 31.7 Å². The maximum atomic E-state index is 11.2. The van der Waals surface area contributed by atoms with E-state index in [1.54, 1.807) is 24.3 Å². The molecule has 1 aliphatic heterocycles. The number of nitriles is 1. The number of aryl methyl sites for hydroxylation is 2. The zero-order chi connectivity index (χ0) is 34.5. The van der Waals surface area contributed by atoms with Gasteiger partial charge in [0.25, 0.3) is 5.82 Å². The zero-order valence-electron chi connectivity index (χ0n) is 26.8. The van der Waals surface area contributed by atoms with Gasteiger partial charge in [0.15, 0.2) is 11.0 Å². The Bertz CT molecular complexity index is 2050. The first-order valence-electron chi connectivity index (χ1n) is 14.9. The molecule has 0 radical (unpaired) electrons.